The Labute approximate surface area is 50.9 Å². The fourth-order valence-electron chi connectivity index (χ4n) is 0.575. The number of hydrogen-bond acceptors (Lipinski definition) is 2. The molecule has 0 aliphatic heterocycles. The summed E-state index contributed by atoms with van der Waals surface area (Å²) < 4.78 is 0. The Morgan fingerprint density at radius 3 is 2.62 bits per heavy atom. The third-order valence-electron chi connectivity index (χ3n) is 1.21. The van der Waals surface area contributed by atoms with E-state index in [-0.39, 0.29) is 6.04 Å². The summed E-state index contributed by atoms with van der Waals surface area (Å²) in [6, 6.07) is 0.259. The van der Waals surface area contributed by atoms with Crippen LogP contribution >= 0.6 is 0 Å². The van der Waals surface area contributed by atoms with E-state index < -0.39 is 0 Å². The summed E-state index contributed by atoms with van der Waals surface area (Å²) in [6.45, 7) is 4.11. The maximum Gasteiger partial charge on any atom is 0.0291 e. The summed E-state index contributed by atoms with van der Waals surface area (Å²) >= 11 is 0. The van der Waals surface area contributed by atoms with Gasteiger partial charge in [-0.25, -0.2) is 5.48 Å². The van der Waals surface area contributed by atoms with Crippen molar-refractivity contribution in [2.75, 3.05) is 0 Å². The average molecular weight is 117 g/mol. The minimum atomic E-state index is 0.259. The van der Waals surface area contributed by atoms with Gasteiger partial charge in [0.05, 0.1) is 0 Å². The van der Waals surface area contributed by atoms with E-state index in [1.54, 1.807) is 0 Å². The summed E-state index contributed by atoms with van der Waals surface area (Å²) in [6.07, 6.45) is 3.45. The zero-order chi connectivity index (χ0) is 6.41. The molecule has 0 aliphatic rings. The van der Waals surface area contributed by atoms with E-state index in [1.165, 1.54) is 12.8 Å². The smallest absolute Gasteiger partial charge is 0.0291 e. The second-order valence-electron chi connectivity index (χ2n) is 2.17. The van der Waals surface area contributed by atoms with Gasteiger partial charge in [0.25, 0.3) is 0 Å². The Hall–Kier alpha value is -0.0800. The van der Waals surface area contributed by atoms with Crippen LogP contribution in [0, 0.1) is 0 Å². The zero-order valence-electron chi connectivity index (χ0n) is 5.65. The molecule has 0 heterocycles. The van der Waals surface area contributed by atoms with Crippen molar-refractivity contribution in [1.29, 1.82) is 0 Å². The molecule has 0 aromatic rings. The van der Waals surface area contributed by atoms with Crippen molar-refractivity contribution in [2.24, 2.45) is 0 Å². The molecule has 0 bridgehead atoms. The molecule has 0 fully saturated rings. The minimum Gasteiger partial charge on any atom is -0.317 e. The maximum absolute atomic E-state index is 8.31. The quantitative estimate of drug-likeness (QED) is 0.547. The van der Waals surface area contributed by atoms with Gasteiger partial charge in [0.15, 0.2) is 0 Å². The van der Waals surface area contributed by atoms with Crippen molar-refractivity contribution >= 4 is 0 Å². The molecule has 1 atom stereocenters. The topological polar surface area (TPSA) is 32.3 Å². The van der Waals surface area contributed by atoms with Gasteiger partial charge in [0.2, 0.25) is 0 Å². The molecular formula is C6H15NO. The molecule has 0 spiro atoms. The van der Waals surface area contributed by atoms with Gasteiger partial charge in [0, 0.05) is 6.04 Å². The predicted octanol–water partition coefficient (Wildman–Crippen LogP) is 1.54. The van der Waals surface area contributed by atoms with Crippen LogP contribution in [0.1, 0.15) is 33.1 Å². The Morgan fingerprint density at radius 1 is 1.62 bits per heavy atom. The molecule has 8 heavy (non-hydrogen) atoms. The van der Waals surface area contributed by atoms with Crippen LogP contribution in [0.5, 0.6) is 0 Å². The third kappa shape index (κ3) is 4.09. The third-order valence-corrected chi connectivity index (χ3v) is 1.21. The first-order valence-corrected chi connectivity index (χ1v) is 3.20. The highest BCUT2D eigenvalue weighted by atomic mass is 16.5. The van der Waals surface area contributed by atoms with E-state index in [0.717, 1.165) is 6.42 Å². The molecule has 0 amide bonds. The van der Waals surface area contributed by atoms with Crippen LogP contribution in [0.2, 0.25) is 0 Å². The van der Waals surface area contributed by atoms with Crippen LogP contribution in [-0.4, -0.2) is 11.2 Å². The van der Waals surface area contributed by atoms with Gasteiger partial charge in [-0.05, 0) is 13.3 Å². The minimum absolute atomic E-state index is 0.259. The number of unbranched alkanes of at least 4 members (excludes halogenated alkanes) is 1. The summed E-state index contributed by atoms with van der Waals surface area (Å²) in [5.74, 6) is 0. The van der Waals surface area contributed by atoms with Gasteiger partial charge >= 0.3 is 0 Å². The molecule has 2 nitrogen and oxygen atoms in total. The lowest BCUT2D eigenvalue weighted by atomic mass is 10.2. The van der Waals surface area contributed by atoms with Crippen LogP contribution in [0.15, 0.2) is 0 Å². The molecule has 2 heteroatoms. The van der Waals surface area contributed by atoms with E-state index >= 15 is 0 Å². The molecule has 0 aromatic carbocycles. The molecule has 0 saturated heterocycles. The number of hydrogen-bond donors (Lipinski definition) is 2. The molecular weight excluding hydrogens is 102 g/mol. The van der Waals surface area contributed by atoms with Gasteiger partial charge in [-0.3, -0.25) is 0 Å². The van der Waals surface area contributed by atoms with E-state index in [2.05, 4.69) is 12.4 Å². The van der Waals surface area contributed by atoms with Crippen molar-refractivity contribution in [3.63, 3.8) is 0 Å². The van der Waals surface area contributed by atoms with Crippen molar-refractivity contribution in [1.82, 2.24) is 5.48 Å². The van der Waals surface area contributed by atoms with Crippen molar-refractivity contribution in [3.8, 4) is 0 Å². The zero-order valence-corrected chi connectivity index (χ0v) is 5.65. The predicted molar refractivity (Wildman–Crippen MR) is 33.9 cm³/mol. The van der Waals surface area contributed by atoms with Crippen LogP contribution in [-0.2, 0) is 0 Å². The van der Waals surface area contributed by atoms with Crippen molar-refractivity contribution < 1.29 is 5.21 Å². The second-order valence-corrected chi connectivity index (χ2v) is 2.17. The molecule has 50 valence electrons. The Kier molecular flexibility index (Phi) is 5.01. The molecule has 2 N–H and O–H groups in total. The van der Waals surface area contributed by atoms with Gasteiger partial charge in [-0.15, -0.1) is 0 Å². The highest BCUT2D eigenvalue weighted by Crippen LogP contribution is 1.97. The molecule has 1 unspecified atom stereocenters. The highest BCUT2D eigenvalue weighted by molar-refractivity contribution is 4.51. The SMILES string of the molecule is CCCCC(C)NO. The number of rotatable bonds is 4. The summed E-state index contributed by atoms with van der Waals surface area (Å²) in [7, 11) is 0. The van der Waals surface area contributed by atoms with Crippen molar-refractivity contribution in [3.05, 3.63) is 0 Å². The normalized spacial score (nSPS) is 13.9. The lowest BCUT2D eigenvalue weighted by Gasteiger charge is -2.05. The second kappa shape index (κ2) is 5.06. The lowest BCUT2D eigenvalue weighted by Crippen LogP contribution is -2.21. The fraction of sp³-hybridized carbons (Fsp3) is 1.00. The van der Waals surface area contributed by atoms with Crippen LogP contribution < -0.4 is 5.48 Å². The summed E-state index contributed by atoms with van der Waals surface area (Å²) in [5, 5.41) is 8.31. The van der Waals surface area contributed by atoms with Crippen molar-refractivity contribution in [2.45, 2.75) is 39.2 Å². The average Bonchev–Trinajstić information content (AvgIpc) is 1.83. The number of hydroxylamine groups is 1. The van der Waals surface area contributed by atoms with Crippen LogP contribution in [0.3, 0.4) is 0 Å². The largest absolute Gasteiger partial charge is 0.317 e. The van der Waals surface area contributed by atoms with Gasteiger partial charge in [-0.1, -0.05) is 19.8 Å². The molecule has 0 rings (SSSR count). The first-order valence-electron chi connectivity index (χ1n) is 3.20. The molecule has 0 saturated carbocycles. The van der Waals surface area contributed by atoms with E-state index in [0.29, 0.717) is 0 Å². The molecule has 0 aliphatic carbocycles. The van der Waals surface area contributed by atoms with Crippen LogP contribution in [0.4, 0.5) is 0 Å². The Morgan fingerprint density at radius 2 is 2.25 bits per heavy atom. The Bertz CT molecular complexity index is 47.8. The lowest BCUT2D eigenvalue weighted by molar-refractivity contribution is 0.128. The van der Waals surface area contributed by atoms with Crippen LogP contribution in [0.25, 0.3) is 0 Å². The molecule has 0 aromatic heterocycles. The highest BCUT2D eigenvalue weighted by Gasteiger charge is 1.94. The first-order chi connectivity index (χ1) is 3.81. The number of nitrogens with one attached hydrogen (secondary N) is 1. The van der Waals surface area contributed by atoms with Gasteiger partial charge < -0.3 is 5.21 Å². The Balaban J connectivity index is 2.86. The summed E-state index contributed by atoms with van der Waals surface area (Å²) in [4.78, 5) is 0. The van der Waals surface area contributed by atoms with E-state index in [4.69, 9.17) is 5.21 Å². The van der Waals surface area contributed by atoms with E-state index in [1.807, 2.05) is 6.92 Å². The fourth-order valence-corrected chi connectivity index (χ4v) is 0.575. The van der Waals surface area contributed by atoms with Gasteiger partial charge in [0.1, 0.15) is 0 Å². The van der Waals surface area contributed by atoms with Gasteiger partial charge in [-0.2, -0.15) is 0 Å². The monoisotopic (exact) mass is 117 g/mol. The summed E-state index contributed by atoms with van der Waals surface area (Å²) in [5.41, 5.74) is 2.20. The maximum atomic E-state index is 8.31. The van der Waals surface area contributed by atoms with E-state index in [9.17, 15) is 0 Å². The first kappa shape index (κ1) is 7.92. The standard InChI is InChI=1S/C6H15NO/c1-3-4-5-6(2)7-8/h6-8H,3-5H2,1-2H3. The molecule has 0 radical (unpaired) electrons.